The fourth-order valence-electron chi connectivity index (χ4n) is 3.66. The van der Waals surface area contributed by atoms with Crippen LogP contribution in [0.25, 0.3) is 10.8 Å². The van der Waals surface area contributed by atoms with Crippen LogP contribution in [0.4, 0.5) is 17.5 Å². The molecule has 0 spiro atoms. The molecule has 3 aromatic heterocycles. The van der Waals surface area contributed by atoms with Gasteiger partial charge in [-0.2, -0.15) is 0 Å². The van der Waals surface area contributed by atoms with Crippen LogP contribution >= 0.6 is 0 Å². The third kappa shape index (κ3) is 4.36. The Morgan fingerprint density at radius 2 is 2.00 bits per heavy atom. The highest BCUT2D eigenvalue weighted by Crippen LogP contribution is 2.27. The fourth-order valence-corrected chi connectivity index (χ4v) is 3.66. The summed E-state index contributed by atoms with van der Waals surface area (Å²) in [6, 6.07) is 3.77. The molecule has 9 nitrogen and oxygen atoms in total. The molecule has 1 aliphatic rings. The SMILES string of the molecule is O=c1c2c(N[C@H]3CC[C@@H](O)CC3)nc(Nc3cnccn3)cc2ccn1CCO. The standard InChI is InChI=1S/C20H24N6O3/c27-10-9-26-8-5-13-11-16(24-17-12-21-6-7-22-17)25-19(18(13)20(26)29)23-14-1-3-15(28)4-2-14/h5-8,11-12,14-15,27-28H,1-4,9-10H2,(H2,22,23,24,25)/t14-,15+. The van der Waals surface area contributed by atoms with Gasteiger partial charge in [0, 0.05) is 31.2 Å². The predicted octanol–water partition coefficient (Wildman–Crippen LogP) is 1.64. The zero-order valence-corrected chi connectivity index (χ0v) is 16.0. The van der Waals surface area contributed by atoms with Gasteiger partial charge in [-0.15, -0.1) is 0 Å². The molecule has 1 saturated carbocycles. The number of nitrogens with zero attached hydrogens (tertiary/aromatic N) is 4. The fraction of sp³-hybridized carbons (Fsp3) is 0.400. The summed E-state index contributed by atoms with van der Waals surface area (Å²) in [7, 11) is 0. The van der Waals surface area contributed by atoms with Crippen LogP contribution in [0.15, 0.2) is 41.7 Å². The Kier molecular flexibility index (Phi) is 5.68. The maximum Gasteiger partial charge on any atom is 0.262 e. The minimum Gasteiger partial charge on any atom is -0.395 e. The Bertz CT molecular complexity index is 1030. The minimum atomic E-state index is -0.260. The predicted molar refractivity (Wildman–Crippen MR) is 110 cm³/mol. The average Bonchev–Trinajstić information content (AvgIpc) is 2.72. The van der Waals surface area contributed by atoms with Crippen LogP contribution in [0, 0.1) is 0 Å². The van der Waals surface area contributed by atoms with Gasteiger partial charge in [-0.3, -0.25) is 9.78 Å². The normalized spacial score (nSPS) is 19.2. The lowest BCUT2D eigenvalue weighted by molar-refractivity contribution is 0.126. The van der Waals surface area contributed by atoms with Crippen LogP contribution in [0.5, 0.6) is 0 Å². The maximum atomic E-state index is 13.0. The van der Waals surface area contributed by atoms with Gasteiger partial charge in [0.1, 0.15) is 17.5 Å². The summed E-state index contributed by atoms with van der Waals surface area (Å²) in [6.45, 7) is 0.109. The molecule has 0 amide bonds. The van der Waals surface area contributed by atoms with E-state index in [1.807, 2.05) is 6.07 Å². The first-order valence-electron chi connectivity index (χ1n) is 9.77. The number of aromatic nitrogens is 4. The number of hydrogen-bond donors (Lipinski definition) is 4. The second kappa shape index (κ2) is 8.54. The van der Waals surface area contributed by atoms with Gasteiger partial charge in [-0.05, 0) is 43.2 Å². The van der Waals surface area contributed by atoms with Crippen LogP contribution in [-0.4, -0.2) is 48.5 Å². The highest BCUT2D eigenvalue weighted by Gasteiger charge is 2.21. The molecule has 0 unspecified atom stereocenters. The average molecular weight is 396 g/mol. The summed E-state index contributed by atoms with van der Waals surface area (Å²) < 4.78 is 1.48. The second-order valence-corrected chi connectivity index (χ2v) is 7.22. The lowest BCUT2D eigenvalue weighted by Gasteiger charge is -2.27. The van der Waals surface area contributed by atoms with Gasteiger partial charge in [-0.1, -0.05) is 0 Å². The molecule has 152 valence electrons. The molecule has 0 aromatic carbocycles. The van der Waals surface area contributed by atoms with E-state index in [9.17, 15) is 15.0 Å². The first kappa shape index (κ1) is 19.3. The molecule has 0 bridgehead atoms. The molecule has 29 heavy (non-hydrogen) atoms. The van der Waals surface area contributed by atoms with Gasteiger partial charge in [0.25, 0.3) is 5.56 Å². The summed E-state index contributed by atoms with van der Waals surface area (Å²) in [5, 5.41) is 26.8. The highest BCUT2D eigenvalue weighted by molar-refractivity contribution is 5.93. The van der Waals surface area contributed by atoms with Gasteiger partial charge < -0.3 is 25.4 Å². The zero-order valence-electron chi connectivity index (χ0n) is 16.0. The smallest absolute Gasteiger partial charge is 0.262 e. The summed E-state index contributed by atoms with van der Waals surface area (Å²) in [4.78, 5) is 25.9. The number of hydrogen-bond acceptors (Lipinski definition) is 8. The molecule has 1 fully saturated rings. The summed E-state index contributed by atoms with van der Waals surface area (Å²) in [6.07, 6.45) is 9.26. The lowest BCUT2D eigenvalue weighted by Crippen LogP contribution is -2.30. The minimum absolute atomic E-state index is 0.117. The summed E-state index contributed by atoms with van der Waals surface area (Å²) in [5.41, 5.74) is -0.201. The maximum absolute atomic E-state index is 13.0. The van der Waals surface area contributed by atoms with Crippen molar-refractivity contribution in [3.05, 3.63) is 47.3 Å². The van der Waals surface area contributed by atoms with E-state index in [0.717, 1.165) is 31.1 Å². The van der Waals surface area contributed by atoms with E-state index >= 15 is 0 Å². The Morgan fingerprint density at radius 1 is 1.17 bits per heavy atom. The van der Waals surface area contributed by atoms with Gasteiger partial charge in [0.15, 0.2) is 0 Å². The number of aliphatic hydroxyl groups excluding tert-OH is 2. The summed E-state index contributed by atoms with van der Waals surface area (Å²) in [5.74, 6) is 1.60. The van der Waals surface area contributed by atoms with Crippen molar-refractivity contribution in [2.45, 2.75) is 44.4 Å². The second-order valence-electron chi connectivity index (χ2n) is 7.22. The molecule has 0 saturated heterocycles. The lowest BCUT2D eigenvalue weighted by atomic mass is 9.93. The monoisotopic (exact) mass is 396 g/mol. The van der Waals surface area contributed by atoms with Crippen molar-refractivity contribution in [1.82, 2.24) is 19.5 Å². The van der Waals surface area contributed by atoms with Crippen molar-refractivity contribution in [1.29, 1.82) is 0 Å². The molecule has 0 radical (unpaired) electrons. The van der Waals surface area contributed by atoms with E-state index in [-0.39, 0.29) is 30.9 Å². The number of pyridine rings is 2. The molecule has 9 heteroatoms. The Labute approximate surface area is 167 Å². The highest BCUT2D eigenvalue weighted by atomic mass is 16.3. The van der Waals surface area contributed by atoms with E-state index in [0.29, 0.717) is 22.8 Å². The van der Waals surface area contributed by atoms with Gasteiger partial charge >= 0.3 is 0 Å². The van der Waals surface area contributed by atoms with Crippen molar-refractivity contribution < 1.29 is 10.2 Å². The Morgan fingerprint density at radius 3 is 2.72 bits per heavy atom. The number of aliphatic hydroxyl groups is 2. The van der Waals surface area contributed by atoms with E-state index in [4.69, 9.17) is 0 Å². The zero-order chi connectivity index (χ0) is 20.2. The van der Waals surface area contributed by atoms with Crippen LogP contribution < -0.4 is 16.2 Å². The number of rotatable bonds is 6. The van der Waals surface area contributed by atoms with E-state index < -0.39 is 0 Å². The van der Waals surface area contributed by atoms with Crippen molar-refractivity contribution in [3.8, 4) is 0 Å². The van der Waals surface area contributed by atoms with Crippen LogP contribution in [-0.2, 0) is 6.54 Å². The topological polar surface area (TPSA) is 125 Å². The van der Waals surface area contributed by atoms with E-state index in [1.54, 1.807) is 30.9 Å². The van der Waals surface area contributed by atoms with Gasteiger partial charge in [0.05, 0.1) is 24.3 Å². The first-order chi connectivity index (χ1) is 14.1. The van der Waals surface area contributed by atoms with Crippen molar-refractivity contribution in [2.24, 2.45) is 0 Å². The number of fused-ring (bicyclic) bond motifs is 1. The van der Waals surface area contributed by atoms with Crippen molar-refractivity contribution >= 4 is 28.2 Å². The van der Waals surface area contributed by atoms with Crippen LogP contribution in [0.1, 0.15) is 25.7 Å². The third-order valence-electron chi connectivity index (χ3n) is 5.16. The first-order valence-corrected chi connectivity index (χ1v) is 9.77. The molecule has 4 rings (SSSR count). The molecular formula is C20H24N6O3. The largest absolute Gasteiger partial charge is 0.395 e. The Hall–Kier alpha value is -3.04. The van der Waals surface area contributed by atoms with Crippen molar-refractivity contribution in [3.63, 3.8) is 0 Å². The van der Waals surface area contributed by atoms with E-state index in [1.165, 1.54) is 4.57 Å². The van der Waals surface area contributed by atoms with Crippen LogP contribution in [0.2, 0.25) is 0 Å². The molecular weight excluding hydrogens is 372 g/mol. The quantitative estimate of drug-likeness (QED) is 0.496. The molecule has 3 heterocycles. The van der Waals surface area contributed by atoms with Crippen LogP contribution in [0.3, 0.4) is 0 Å². The molecule has 0 atom stereocenters. The summed E-state index contributed by atoms with van der Waals surface area (Å²) >= 11 is 0. The third-order valence-corrected chi connectivity index (χ3v) is 5.16. The van der Waals surface area contributed by atoms with E-state index in [2.05, 4.69) is 25.6 Å². The van der Waals surface area contributed by atoms with Crippen molar-refractivity contribution in [2.75, 3.05) is 17.2 Å². The van der Waals surface area contributed by atoms with Gasteiger partial charge in [-0.25, -0.2) is 9.97 Å². The Balaban J connectivity index is 1.75. The molecule has 3 aromatic rings. The molecule has 1 aliphatic carbocycles. The van der Waals surface area contributed by atoms with Gasteiger partial charge in [0.2, 0.25) is 0 Å². The molecule has 0 aliphatic heterocycles. The number of anilines is 3. The molecule has 4 N–H and O–H groups in total. The number of nitrogens with one attached hydrogen (secondary N) is 2.